The van der Waals surface area contributed by atoms with Crippen LogP contribution in [-0.4, -0.2) is 31.6 Å². The van der Waals surface area contributed by atoms with Gasteiger partial charge in [0.1, 0.15) is 0 Å². The van der Waals surface area contributed by atoms with Crippen LogP contribution < -0.4 is 5.32 Å². The Labute approximate surface area is 130 Å². The molecule has 0 radical (unpaired) electrons. The van der Waals surface area contributed by atoms with Crippen LogP contribution in [0.1, 0.15) is 50.3 Å². The molecule has 1 saturated heterocycles. The molecule has 21 heavy (non-hydrogen) atoms. The average molecular weight is 288 g/mol. The monoisotopic (exact) mass is 288 g/mol. The van der Waals surface area contributed by atoms with E-state index in [1.54, 1.807) is 0 Å². The molecule has 1 aromatic carbocycles. The molecule has 1 N–H and O–H groups in total. The summed E-state index contributed by atoms with van der Waals surface area (Å²) in [6, 6.07) is 9.22. The fourth-order valence-electron chi connectivity index (χ4n) is 3.61. The van der Waals surface area contributed by atoms with E-state index in [9.17, 15) is 0 Å². The standard InChI is InChI=1S/C19H32N2/c1-15(2)17-9-7-12-21(13-11-17)14-19(20-4)18-10-6-5-8-16(18)3/h5-6,8,10,15,17,19-20H,7,9,11-14H2,1-4H3. The normalized spacial score (nSPS) is 22.2. The smallest absolute Gasteiger partial charge is 0.0449 e. The lowest BCUT2D eigenvalue weighted by Crippen LogP contribution is -2.35. The number of hydrogen-bond acceptors (Lipinski definition) is 2. The Morgan fingerprint density at radius 3 is 2.62 bits per heavy atom. The third-order valence-corrected chi connectivity index (χ3v) is 5.16. The van der Waals surface area contributed by atoms with E-state index in [-0.39, 0.29) is 0 Å². The third-order valence-electron chi connectivity index (χ3n) is 5.16. The van der Waals surface area contributed by atoms with Crippen molar-refractivity contribution in [1.29, 1.82) is 0 Å². The Balaban J connectivity index is 1.98. The molecule has 2 rings (SSSR count). The van der Waals surface area contributed by atoms with Gasteiger partial charge in [0, 0.05) is 12.6 Å². The van der Waals surface area contributed by atoms with Crippen LogP contribution in [0.4, 0.5) is 0 Å². The lowest BCUT2D eigenvalue weighted by molar-refractivity contribution is 0.247. The number of benzene rings is 1. The van der Waals surface area contributed by atoms with Gasteiger partial charge in [-0.2, -0.15) is 0 Å². The number of nitrogens with zero attached hydrogens (tertiary/aromatic N) is 1. The van der Waals surface area contributed by atoms with Crippen molar-refractivity contribution in [3.63, 3.8) is 0 Å². The Bertz CT molecular complexity index is 427. The summed E-state index contributed by atoms with van der Waals surface area (Å²) >= 11 is 0. The van der Waals surface area contributed by atoms with Crippen molar-refractivity contribution >= 4 is 0 Å². The Morgan fingerprint density at radius 2 is 1.95 bits per heavy atom. The fraction of sp³-hybridized carbons (Fsp3) is 0.684. The molecule has 0 aromatic heterocycles. The number of likely N-dealkylation sites (N-methyl/N-ethyl adjacent to an activating group) is 1. The SMILES string of the molecule is CNC(CN1CCCC(C(C)C)CC1)c1ccccc1C. The Morgan fingerprint density at radius 1 is 1.19 bits per heavy atom. The third kappa shape index (κ3) is 4.55. The highest BCUT2D eigenvalue weighted by molar-refractivity contribution is 5.28. The molecule has 0 spiro atoms. The number of hydrogen-bond donors (Lipinski definition) is 1. The van der Waals surface area contributed by atoms with Gasteiger partial charge in [-0.15, -0.1) is 0 Å². The maximum Gasteiger partial charge on any atom is 0.0449 e. The van der Waals surface area contributed by atoms with Gasteiger partial charge in [-0.25, -0.2) is 0 Å². The summed E-state index contributed by atoms with van der Waals surface area (Å²) in [6.45, 7) is 10.6. The summed E-state index contributed by atoms with van der Waals surface area (Å²) in [6.07, 6.45) is 4.12. The highest BCUT2D eigenvalue weighted by Gasteiger charge is 2.22. The van der Waals surface area contributed by atoms with E-state index < -0.39 is 0 Å². The molecular weight excluding hydrogens is 256 g/mol. The van der Waals surface area contributed by atoms with Gasteiger partial charge in [-0.3, -0.25) is 0 Å². The van der Waals surface area contributed by atoms with Gasteiger partial charge in [-0.1, -0.05) is 38.1 Å². The van der Waals surface area contributed by atoms with Crippen molar-refractivity contribution in [3.05, 3.63) is 35.4 Å². The molecule has 2 unspecified atom stereocenters. The van der Waals surface area contributed by atoms with E-state index in [1.165, 1.54) is 43.5 Å². The van der Waals surface area contributed by atoms with Gasteiger partial charge < -0.3 is 10.2 Å². The quantitative estimate of drug-likeness (QED) is 0.880. The van der Waals surface area contributed by atoms with Gasteiger partial charge in [-0.05, 0) is 69.3 Å². The maximum atomic E-state index is 3.52. The summed E-state index contributed by atoms with van der Waals surface area (Å²) in [4.78, 5) is 2.66. The average Bonchev–Trinajstić information content (AvgIpc) is 2.71. The predicted octanol–water partition coefficient (Wildman–Crippen LogP) is 4.01. The first kappa shape index (κ1) is 16.5. The van der Waals surface area contributed by atoms with E-state index >= 15 is 0 Å². The summed E-state index contributed by atoms with van der Waals surface area (Å²) in [5, 5.41) is 3.52. The van der Waals surface area contributed by atoms with Gasteiger partial charge in [0.05, 0.1) is 0 Å². The number of likely N-dealkylation sites (tertiary alicyclic amines) is 1. The summed E-state index contributed by atoms with van der Waals surface area (Å²) in [5.74, 6) is 1.75. The van der Waals surface area contributed by atoms with Crippen molar-refractivity contribution in [3.8, 4) is 0 Å². The van der Waals surface area contributed by atoms with Crippen LogP contribution in [0.3, 0.4) is 0 Å². The second-order valence-corrected chi connectivity index (χ2v) is 6.93. The molecule has 0 saturated carbocycles. The predicted molar refractivity (Wildman–Crippen MR) is 91.6 cm³/mol. The Hall–Kier alpha value is -0.860. The maximum absolute atomic E-state index is 3.52. The van der Waals surface area contributed by atoms with E-state index in [1.807, 2.05) is 0 Å². The van der Waals surface area contributed by atoms with Crippen LogP contribution in [0, 0.1) is 18.8 Å². The minimum atomic E-state index is 0.446. The highest BCUT2D eigenvalue weighted by Crippen LogP contribution is 2.26. The minimum Gasteiger partial charge on any atom is -0.312 e. The van der Waals surface area contributed by atoms with Crippen molar-refractivity contribution < 1.29 is 0 Å². The molecule has 1 aromatic rings. The molecule has 118 valence electrons. The topological polar surface area (TPSA) is 15.3 Å². The lowest BCUT2D eigenvalue weighted by Gasteiger charge is -2.27. The van der Waals surface area contributed by atoms with Crippen molar-refractivity contribution in [2.75, 3.05) is 26.7 Å². The van der Waals surface area contributed by atoms with E-state index in [2.05, 4.69) is 62.3 Å². The van der Waals surface area contributed by atoms with Crippen LogP contribution in [0.2, 0.25) is 0 Å². The Kier molecular flexibility index (Phi) is 6.25. The first-order valence-electron chi connectivity index (χ1n) is 8.57. The molecule has 0 bridgehead atoms. The number of rotatable bonds is 5. The molecule has 2 heteroatoms. The van der Waals surface area contributed by atoms with E-state index in [4.69, 9.17) is 0 Å². The molecule has 1 fully saturated rings. The van der Waals surface area contributed by atoms with E-state index in [0.717, 1.165) is 18.4 Å². The summed E-state index contributed by atoms with van der Waals surface area (Å²) in [5.41, 5.74) is 2.84. The molecule has 0 aliphatic carbocycles. The second-order valence-electron chi connectivity index (χ2n) is 6.93. The molecule has 0 amide bonds. The zero-order valence-corrected chi connectivity index (χ0v) is 14.2. The minimum absolute atomic E-state index is 0.446. The zero-order valence-electron chi connectivity index (χ0n) is 14.2. The molecular formula is C19H32N2. The van der Waals surface area contributed by atoms with Crippen molar-refractivity contribution in [1.82, 2.24) is 10.2 Å². The molecule has 1 heterocycles. The van der Waals surface area contributed by atoms with Gasteiger partial charge in [0.2, 0.25) is 0 Å². The largest absolute Gasteiger partial charge is 0.312 e. The van der Waals surface area contributed by atoms with Crippen LogP contribution in [-0.2, 0) is 0 Å². The fourth-order valence-corrected chi connectivity index (χ4v) is 3.61. The van der Waals surface area contributed by atoms with Crippen LogP contribution >= 0.6 is 0 Å². The lowest BCUT2D eigenvalue weighted by atomic mass is 9.89. The van der Waals surface area contributed by atoms with Gasteiger partial charge in [0.15, 0.2) is 0 Å². The molecule has 1 aliphatic rings. The van der Waals surface area contributed by atoms with Gasteiger partial charge in [0.25, 0.3) is 0 Å². The molecule has 1 aliphatic heterocycles. The number of nitrogens with one attached hydrogen (secondary N) is 1. The molecule has 2 nitrogen and oxygen atoms in total. The van der Waals surface area contributed by atoms with E-state index in [0.29, 0.717) is 6.04 Å². The number of aryl methyl sites for hydroxylation is 1. The summed E-state index contributed by atoms with van der Waals surface area (Å²) < 4.78 is 0. The van der Waals surface area contributed by atoms with Crippen LogP contribution in [0.15, 0.2) is 24.3 Å². The van der Waals surface area contributed by atoms with Crippen LogP contribution in [0.5, 0.6) is 0 Å². The zero-order chi connectivity index (χ0) is 15.2. The highest BCUT2D eigenvalue weighted by atomic mass is 15.1. The van der Waals surface area contributed by atoms with Crippen molar-refractivity contribution in [2.45, 2.75) is 46.1 Å². The second kappa shape index (κ2) is 7.95. The first-order chi connectivity index (χ1) is 10.1. The first-order valence-corrected chi connectivity index (χ1v) is 8.57. The summed E-state index contributed by atoms with van der Waals surface area (Å²) in [7, 11) is 2.09. The molecule has 2 atom stereocenters. The van der Waals surface area contributed by atoms with Crippen molar-refractivity contribution in [2.24, 2.45) is 11.8 Å². The van der Waals surface area contributed by atoms with Crippen LogP contribution in [0.25, 0.3) is 0 Å². The van der Waals surface area contributed by atoms with Gasteiger partial charge >= 0.3 is 0 Å².